The minimum Gasteiger partial charge on any atom is -0.302 e. The van der Waals surface area contributed by atoms with Crippen molar-refractivity contribution in [3.8, 4) is 0 Å². The molecule has 0 saturated heterocycles. The minimum absolute atomic E-state index is 0.0882. The molecule has 3 aromatic rings. The number of benzene rings is 2. The van der Waals surface area contributed by atoms with Gasteiger partial charge in [0, 0.05) is 24.0 Å². The molecule has 0 fully saturated rings. The molecule has 0 unspecified atom stereocenters. The number of carbonyl (C=O) groups excluding carboxylic acids is 1. The van der Waals surface area contributed by atoms with E-state index in [-0.39, 0.29) is 23.0 Å². The molecule has 0 radical (unpaired) electrons. The summed E-state index contributed by atoms with van der Waals surface area (Å²) >= 11 is 4.91. The third-order valence-corrected chi connectivity index (χ3v) is 8.36. The van der Waals surface area contributed by atoms with Crippen molar-refractivity contribution >= 4 is 58.4 Å². The van der Waals surface area contributed by atoms with E-state index in [1.165, 1.54) is 11.3 Å². The van der Waals surface area contributed by atoms with Crippen molar-refractivity contribution in [1.82, 2.24) is 9.88 Å². The number of thiazole rings is 1. The number of aromatic nitrogens is 1. The fourth-order valence-corrected chi connectivity index (χ4v) is 6.02. The minimum atomic E-state index is -3.52. The maximum Gasteiger partial charge on any atom is 0.229 e. The van der Waals surface area contributed by atoms with Gasteiger partial charge in [-0.25, -0.2) is 13.4 Å². The van der Waals surface area contributed by atoms with Crippen LogP contribution in [0.3, 0.4) is 0 Å². The number of fused-ring (bicyclic) bond motifs is 1. The molecular weight excluding hydrogens is 498 g/mol. The number of rotatable bonds is 10. The fourth-order valence-electron chi connectivity index (χ4n) is 3.21. The van der Waals surface area contributed by atoms with Crippen molar-refractivity contribution in [3.63, 3.8) is 0 Å². The molecule has 3 rings (SSSR count). The zero-order valence-corrected chi connectivity index (χ0v) is 20.8. The van der Waals surface area contributed by atoms with Gasteiger partial charge in [-0.15, -0.1) is 0 Å². The number of amides is 1. The summed E-state index contributed by atoms with van der Waals surface area (Å²) in [6, 6.07) is 14.1. The number of sulfone groups is 1. The molecule has 9 heteroatoms. The molecule has 0 saturated carbocycles. The molecule has 2 aromatic carbocycles. The summed E-state index contributed by atoms with van der Waals surface area (Å²) in [7, 11) is -3.52. The lowest BCUT2D eigenvalue weighted by atomic mass is 10.3. The third-order valence-electron chi connectivity index (χ3n) is 5.09. The molecule has 0 aliphatic rings. The van der Waals surface area contributed by atoms with Gasteiger partial charge >= 0.3 is 0 Å². The number of carbonyl (C=O) groups is 1. The zero-order valence-electron chi connectivity index (χ0n) is 17.6. The predicted molar refractivity (Wildman–Crippen MR) is 131 cm³/mol. The van der Waals surface area contributed by atoms with E-state index in [1.807, 2.05) is 18.2 Å². The first-order chi connectivity index (χ1) is 14.8. The van der Waals surface area contributed by atoms with Crippen molar-refractivity contribution in [2.24, 2.45) is 0 Å². The van der Waals surface area contributed by atoms with Crippen molar-refractivity contribution < 1.29 is 13.2 Å². The largest absolute Gasteiger partial charge is 0.302 e. The van der Waals surface area contributed by atoms with Crippen LogP contribution in [-0.4, -0.2) is 56.1 Å². The molecule has 0 aliphatic carbocycles. The highest BCUT2D eigenvalue weighted by atomic mass is 79.9. The second-order valence-corrected chi connectivity index (χ2v) is 11.1. The summed E-state index contributed by atoms with van der Waals surface area (Å²) in [6.45, 7) is 7.09. The Balaban J connectivity index is 1.81. The summed E-state index contributed by atoms with van der Waals surface area (Å²) in [6.07, 6.45) is -0.0882. The van der Waals surface area contributed by atoms with Gasteiger partial charge in [-0.05, 0) is 43.4 Å². The maximum absolute atomic E-state index is 13.2. The topological polar surface area (TPSA) is 70.6 Å². The predicted octanol–water partition coefficient (Wildman–Crippen LogP) is 4.60. The lowest BCUT2D eigenvalue weighted by Gasteiger charge is -2.24. The Labute approximate surface area is 195 Å². The van der Waals surface area contributed by atoms with E-state index in [0.717, 1.165) is 27.8 Å². The molecule has 1 heterocycles. The second kappa shape index (κ2) is 10.7. The van der Waals surface area contributed by atoms with Crippen LogP contribution in [0.4, 0.5) is 5.13 Å². The Bertz CT molecular complexity index is 1130. The van der Waals surface area contributed by atoms with E-state index in [2.05, 4.69) is 39.7 Å². The molecule has 1 amide bonds. The van der Waals surface area contributed by atoms with Gasteiger partial charge in [-0.2, -0.15) is 0 Å². The molecule has 1 aromatic heterocycles. The quantitative estimate of drug-likeness (QED) is 0.388. The first kappa shape index (κ1) is 23.8. The average molecular weight is 525 g/mol. The van der Waals surface area contributed by atoms with Crippen molar-refractivity contribution in [2.75, 3.05) is 36.8 Å². The molecule has 6 nitrogen and oxygen atoms in total. The Kier molecular flexibility index (Phi) is 8.21. The molecule has 0 bridgehead atoms. The van der Waals surface area contributed by atoms with E-state index in [9.17, 15) is 13.2 Å². The summed E-state index contributed by atoms with van der Waals surface area (Å²) in [5.41, 5.74) is 0.820. The Hall–Kier alpha value is -1.81. The fraction of sp³-hybridized carbons (Fsp3) is 0.364. The molecule has 0 spiro atoms. The monoisotopic (exact) mass is 523 g/mol. The maximum atomic E-state index is 13.2. The Morgan fingerprint density at radius 3 is 2.45 bits per heavy atom. The van der Waals surface area contributed by atoms with Gasteiger partial charge in [0.15, 0.2) is 15.0 Å². The lowest BCUT2D eigenvalue weighted by Crippen LogP contribution is -2.39. The van der Waals surface area contributed by atoms with E-state index in [1.54, 1.807) is 35.2 Å². The van der Waals surface area contributed by atoms with Crippen LogP contribution in [0.5, 0.6) is 0 Å². The second-order valence-electron chi connectivity index (χ2n) is 7.06. The van der Waals surface area contributed by atoms with Gasteiger partial charge in [0.1, 0.15) is 0 Å². The molecule has 0 atom stereocenters. The van der Waals surface area contributed by atoms with Crippen LogP contribution < -0.4 is 4.90 Å². The normalized spacial score (nSPS) is 11.9. The van der Waals surface area contributed by atoms with Crippen LogP contribution in [0.1, 0.15) is 20.3 Å². The van der Waals surface area contributed by atoms with Gasteiger partial charge in [-0.3, -0.25) is 9.69 Å². The molecule has 0 N–H and O–H groups in total. The summed E-state index contributed by atoms with van der Waals surface area (Å²) in [4.78, 5) is 21.9. The Morgan fingerprint density at radius 2 is 1.77 bits per heavy atom. The van der Waals surface area contributed by atoms with Gasteiger partial charge < -0.3 is 4.90 Å². The Morgan fingerprint density at radius 1 is 1.06 bits per heavy atom. The van der Waals surface area contributed by atoms with Gasteiger partial charge in [0.05, 0.1) is 20.9 Å². The van der Waals surface area contributed by atoms with Crippen LogP contribution in [0.25, 0.3) is 10.2 Å². The van der Waals surface area contributed by atoms with Gasteiger partial charge in [-0.1, -0.05) is 59.3 Å². The van der Waals surface area contributed by atoms with Crippen molar-refractivity contribution in [1.29, 1.82) is 0 Å². The van der Waals surface area contributed by atoms with Gasteiger partial charge in [0.25, 0.3) is 0 Å². The highest BCUT2D eigenvalue weighted by Crippen LogP contribution is 2.31. The summed E-state index contributed by atoms with van der Waals surface area (Å²) in [5.74, 6) is -0.460. The van der Waals surface area contributed by atoms with Crippen LogP contribution in [0, 0.1) is 0 Å². The van der Waals surface area contributed by atoms with E-state index >= 15 is 0 Å². The smallest absolute Gasteiger partial charge is 0.229 e. The first-order valence-corrected chi connectivity index (χ1v) is 13.5. The SMILES string of the molecule is CCN(CC)CCN(C(=O)CCS(=O)(=O)c1ccccc1)c1nc2ccc(Br)cc2s1. The van der Waals surface area contributed by atoms with Crippen LogP contribution in [-0.2, 0) is 14.6 Å². The van der Waals surface area contributed by atoms with E-state index in [4.69, 9.17) is 0 Å². The number of nitrogens with zero attached hydrogens (tertiary/aromatic N) is 3. The van der Waals surface area contributed by atoms with Crippen molar-refractivity contribution in [3.05, 3.63) is 53.0 Å². The molecule has 0 aliphatic heterocycles. The lowest BCUT2D eigenvalue weighted by molar-refractivity contribution is -0.118. The standard InChI is InChI=1S/C22H26BrN3O3S2/c1-3-25(4-2)13-14-26(22-24-19-11-10-17(23)16-20(19)30-22)21(27)12-15-31(28,29)18-8-6-5-7-9-18/h5-11,16H,3-4,12-15H2,1-2H3. The van der Waals surface area contributed by atoms with Gasteiger partial charge in [0.2, 0.25) is 5.91 Å². The zero-order chi connectivity index (χ0) is 22.4. The van der Waals surface area contributed by atoms with Crippen LogP contribution in [0.15, 0.2) is 57.9 Å². The number of hydrogen-bond acceptors (Lipinski definition) is 6. The summed E-state index contributed by atoms with van der Waals surface area (Å²) < 4.78 is 27.2. The first-order valence-electron chi connectivity index (χ1n) is 10.2. The van der Waals surface area contributed by atoms with Crippen LogP contribution in [0.2, 0.25) is 0 Å². The van der Waals surface area contributed by atoms with Crippen molar-refractivity contribution in [2.45, 2.75) is 25.2 Å². The van der Waals surface area contributed by atoms with E-state index in [0.29, 0.717) is 18.2 Å². The van der Waals surface area contributed by atoms with Crippen LogP contribution >= 0.6 is 27.3 Å². The number of likely N-dealkylation sites (N-methyl/N-ethyl adjacent to an activating group) is 1. The number of anilines is 1. The summed E-state index contributed by atoms with van der Waals surface area (Å²) in [5, 5.41) is 0.599. The number of halogens is 1. The molecular formula is C22H26BrN3O3S2. The average Bonchev–Trinajstić information content (AvgIpc) is 3.18. The van der Waals surface area contributed by atoms with E-state index < -0.39 is 9.84 Å². The highest BCUT2D eigenvalue weighted by molar-refractivity contribution is 9.10. The molecule has 31 heavy (non-hydrogen) atoms. The highest BCUT2D eigenvalue weighted by Gasteiger charge is 2.23. The molecule has 166 valence electrons. The number of hydrogen-bond donors (Lipinski definition) is 0. The third kappa shape index (κ3) is 6.12.